The van der Waals surface area contributed by atoms with Crippen LogP contribution in [0.2, 0.25) is 0 Å². The second kappa shape index (κ2) is 8.41. The highest BCUT2D eigenvalue weighted by Crippen LogP contribution is 2.24. The summed E-state index contributed by atoms with van der Waals surface area (Å²) in [5.74, 6) is -0.535. The van der Waals surface area contributed by atoms with Crippen LogP contribution in [0.15, 0.2) is 30.3 Å². The van der Waals surface area contributed by atoms with Gasteiger partial charge in [0.1, 0.15) is 6.61 Å². The fourth-order valence-corrected chi connectivity index (χ4v) is 2.83. The maximum Gasteiger partial charge on any atom is 0.407 e. The van der Waals surface area contributed by atoms with E-state index in [1.54, 1.807) is 0 Å². The Morgan fingerprint density at radius 3 is 2.59 bits per heavy atom. The van der Waals surface area contributed by atoms with Crippen molar-refractivity contribution in [2.24, 2.45) is 5.92 Å². The van der Waals surface area contributed by atoms with Gasteiger partial charge in [0.15, 0.2) is 0 Å². The van der Waals surface area contributed by atoms with E-state index in [2.05, 4.69) is 5.32 Å². The van der Waals surface area contributed by atoms with Crippen molar-refractivity contribution >= 4 is 12.1 Å². The average molecular weight is 305 g/mol. The lowest BCUT2D eigenvalue weighted by Crippen LogP contribution is -2.43. The standard InChI is InChI=1S/C17H23NO4/c1-21-16(19)14-10-6-3-7-11-15(14)18-17(20)22-12-13-8-4-2-5-9-13/h2,4-5,8-9,14-15H,3,6-7,10-12H2,1H3,(H,18,20)/t14-,15-/m0/s1. The number of alkyl carbamates (subject to hydrolysis) is 1. The lowest BCUT2D eigenvalue weighted by Gasteiger charge is -2.23. The van der Waals surface area contributed by atoms with Gasteiger partial charge in [0.05, 0.1) is 13.0 Å². The summed E-state index contributed by atoms with van der Waals surface area (Å²) in [5, 5.41) is 2.83. The van der Waals surface area contributed by atoms with Crippen LogP contribution in [0.1, 0.15) is 37.7 Å². The third-order valence-electron chi connectivity index (χ3n) is 4.04. The summed E-state index contributed by atoms with van der Waals surface area (Å²) in [6.07, 6.45) is 4.10. The van der Waals surface area contributed by atoms with Crippen molar-refractivity contribution in [1.29, 1.82) is 0 Å². The first-order valence-corrected chi connectivity index (χ1v) is 7.75. The Bertz CT molecular complexity index is 489. The Hall–Kier alpha value is -2.04. The van der Waals surface area contributed by atoms with Gasteiger partial charge in [0.2, 0.25) is 0 Å². The van der Waals surface area contributed by atoms with E-state index >= 15 is 0 Å². The number of nitrogens with one attached hydrogen (secondary N) is 1. The number of esters is 1. The van der Waals surface area contributed by atoms with E-state index in [0.717, 1.165) is 37.7 Å². The summed E-state index contributed by atoms with van der Waals surface area (Å²) in [5.41, 5.74) is 0.933. The molecule has 5 nitrogen and oxygen atoms in total. The van der Waals surface area contributed by atoms with E-state index < -0.39 is 6.09 Å². The fourth-order valence-electron chi connectivity index (χ4n) is 2.83. The lowest BCUT2D eigenvalue weighted by atomic mass is 9.95. The number of hydrogen-bond acceptors (Lipinski definition) is 4. The second-order valence-corrected chi connectivity index (χ2v) is 5.58. The quantitative estimate of drug-likeness (QED) is 0.686. The molecule has 0 bridgehead atoms. The Kier molecular flexibility index (Phi) is 6.25. The van der Waals surface area contributed by atoms with Crippen LogP contribution in [0.5, 0.6) is 0 Å². The predicted molar refractivity (Wildman–Crippen MR) is 82.1 cm³/mol. The average Bonchev–Trinajstić information content (AvgIpc) is 2.78. The van der Waals surface area contributed by atoms with Gasteiger partial charge < -0.3 is 14.8 Å². The Morgan fingerprint density at radius 1 is 1.14 bits per heavy atom. The summed E-state index contributed by atoms with van der Waals surface area (Å²) in [7, 11) is 1.39. The summed E-state index contributed by atoms with van der Waals surface area (Å²) < 4.78 is 10.1. The van der Waals surface area contributed by atoms with Crippen molar-refractivity contribution in [3.05, 3.63) is 35.9 Å². The highest BCUT2D eigenvalue weighted by Gasteiger charge is 2.31. The van der Waals surface area contributed by atoms with Crippen LogP contribution in [-0.4, -0.2) is 25.2 Å². The summed E-state index contributed by atoms with van der Waals surface area (Å²) in [4.78, 5) is 23.8. The van der Waals surface area contributed by atoms with Gasteiger partial charge in [-0.25, -0.2) is 4.79 Å². The van der Waals surface area contributed by atoms with Gasteiger partial charge in [-0.2, -0.15) is 0 Å². The molecule has 1 aliphatic rings. The molecule has 0 aromatic heterocycles. The zero-order chi connectivity index (χ0) is 15.8. The molecule has 0 unspecified atom stereocenters. The molecule has 2 rings (SSSR count). The minimum absolute atomic E-state index is 0.210. The van der Waals surface area contributed by atoms with Gasteiger partial charge in [-0.1, -0.05) is 49.6 Å². The van der Waals surface area contributed by atoms with Crippen molar-refractivity contribution in [2.45, 2.75) is 44.8 Å². The smallest absolute Gasteiger partial charge is 0.407 e. The molecule has 22 heavy (non-hydrogen) atoms. The largest absolute Gasteiger partial charge is 0.469 e. The first-order valence-electron chi connectivity index (χ1n) is 7.75. The third kappa shape index (κ3) is 4.76. The van der Waals surface area contributed by atoms with Crippen molar-refractivity contribution in [3.63, 3.8) is 0 Å². The number of amides is 1. The van der Waals surface area contributed by atoms with Crippen LogP contribution in [0.3, 0.4) is 0 Å². The number of methoxy groups -OCH3 is 1. The molecule has 0 heterocycles. The molecule has 120 valence electrons. The molecule has 5 heteroatoms. The van der Waals surface area contributed by atoms with Crippen LogP contribution in [0.25, 0.3) is 0 Å². The highest BCUT2D eigenvalue weighted by atomic mass is 16.5. The highest BCUT2D eigenvalue weighted by molar-refractivity contribution is 5.75. The minimum atomic E-state index is -0.482. The van der Waals surface area contributed by atoms with Gasteiger partial charge in [-0.15, -0.1) is 0 Å². The van der Waals surface area contributed by atoms with Crippen LogP contribution >= 0.6 is 0 Å². The molecular formula is C17H23NO4. The summed E-state index contributed by atoms with van der Waals surface area (Å²) in [6.45, 7) is 0.224. The molecule has 1 aliphatic carbocycles. The molecule has 1 aromatic rings. The van der Waals surface area contributed by atoms with E-state index in [9.17, 15) is 9.59 Å². The van der Waals surface area contributed by atoms with Gasteiger partial charge in [0.25, 0.3) is 0 Å². The Labute approximate surface area is 131 Å². The first-order chi connectivity index (χ1) is 10.7. The van der Waals surface area contributed by atoms with Crippen molar-refractivity contribution in [1.82, 2.24) is 5.32 Å². The van der Waals surface area contributed by atoms with Gasteiger partial charge in [-0.3, -0.25) is 4.79 Å². The fraction of sp³-hybridized carbons (Fsp3) is 0.529. The molecule has 1 fully saturated rings. The zero-order valence-corrected chi connectivity index (χ0v) is 12.9. The maximum atomic E-state index is 12.0. The third-order valence-corrected chi connectivity index (χ3v) is 4.04. The number of benzene rings is 1. The van der Waals surface area contributed by atoms with Crippen LogP contribution < -0.4 is 5.32 Å². The normalized spacial score (nSPS) is 21.5. The van der Waals surface area contributed by atoms with Gasteiger partial charge >= 0.3 is 12.1 Å². The van der Waals surface area contributed by atoms with Crippen LogP contribution in [0, 0.1) is 5.92 Å². The minimum Gasteiger partial charge on any atom is -0.469 e. The SMILES string of the molecule is COC(=O)[C@H]1CCCCC[C@@H]1NC(=O)OCc1ccccc1. The second-order valence-electron chi connectivity index (χ2n) is 5.58. The first kappa shape index (κ1) is 16.3. The predicted octanol–water partition coefficient (Wildman–Crippen LogP) is 3.03. The molecule has 1 saturated carbocycles. The van der Waals surface area contributed by atoms with Gasteiger partial charge in [-0.05, 0) is 18.4 Å². The van der Waals surface area contributed by atoms with E-state index in [-0.39, 0.29) is 24.5 Å². The van der Waals surface area contributed by atoms with E-state index in [1.165, 1.54) is 7.11 Å². The van der Waals surface area contributed by atoms with Crippen LogP contribution in [-0.2, 0) is 20.9 Å². The molecule has 2 atom stereocenters. The van der Waals surface area contributed by atoms with E-state index in [4.69, 9.17) is 9.47 Å². The Balaban J connectivity index is 1.88. The van der Waals surface area contributed by atoms with Crippen molar-refractivity contribution in [3.8, 4) is 0 Å². The van der Waals surface area contributed by atoms with E-state index in [1.807, 2.05) is 30.3 Å². The monoisotopic (exact) mass is 305 g/mol. The molecule has 1 amide bonds. The molecule has 1 aromatic carbocycles. The number of carbonyl (C=O) groups is 2. The molecular weight excluding hydrogens is 282 g/mol. The summed E-state index contributed by atoms with van der Waals surface area (Å²) in [6, 6.07) is 9.30. The van der Waals surface area contributed by atoms with E-state index in [0.29, 0.717) is 0 Å². The Morgan fingerprint density at radius 2 is 1.86 bits per heavy atom. The molecule has 0 aliphatic heterocycles. The molecule has 0 radical (unpaired) electrons. The topological polar surface area (TPSA) is 64.6 Å². The number of ether oxygens (including phenoxy) is 2. The van der Waals surface area contributed by atoms with Crippen LogP contribution in [0.4, 0.5) is 4.79 Å². The summed E-state index contributed by atoms with van der Waals surface area (Å²) >= 11 is 0. The van der Waals surface area contributed by atoms with Gasteiger partial charge in [0, 0.05) is 6.04 Å². The zero-order valence-electron chi connectivity index (χ0n) is 12.9. The number of carbonyl (C=O) groups excluding carboxylic acids is 2. The molecule has 0 spiro atoms. The van der Waals surface area contributed by atoms with Crippen molar-refractivity contribution in [2.75, 3.05) is 7.11 Å². The van der Waals surface area contributed by atoms with Crippen molar-refractivity contribution < 1.29 is 19.1 Å². The number of rotatable bonds is 4. The maximum absolute atomic E-state index is 12.0. The molecule has 0 saturated heterocycles. The number of hydrogen-bond donors (Lipinski definition) is 1. The molecule has 1 N–H and O–H groups in total. The lowest BCUT2D eigenvalue weighted by molar-refractivity contribution is -0.146.